The number of benzene rings is 1. The van der Waals surface area contributed by atoms with E-state index in [1.165, 1.54) is 153 Å². The zero-order valence-electron chi connectivity index (χ0n) is 26.3. The summed E-state index contributed by atoms with van der Waals surface area (Å²) in [6, 6.07) is 6.15. The lowest BCUT2D eigenvalue weighted by molar-refractivity contribution is 0.218. The van der Waals surface area contributed by atoms with Crippen LogP contribution in [-0.4, -0.2) is 23.4 Å². The van der Waals surface area contributed by atoms with Crippen LogP contribution in [0, 0.1) is 0 Å². The van der Waals surface area contributed by atoms with Crippen LogP contribution >= 0.6 is 8.25 Å². The predicted molar refractivity (Wildman–Crippen MR) is 171 cm³/mol. The third kappa shape index (κ3) is 29.8. The Bertz CT molecular complexity index is 602. The van der Waals surface area contributed by atoms with Crippen LogP contribution in [0.3, 0.4) is 0 Å². The molecule has 1 rings (SSSR count). The Morgan fingerprint density at radius 2 is 0.725 bits per heavy atom. The van der Waals surface area contributed by atoms with Gasteiger partial charge >= 0.3 is 8.25 Å². The molecule has 6 heteroatoms. The van der Waals surface area contributed by atoms with Crippen molar-refractivity contribution in [2.75, 3.05) is 13.2 Å². The molecular formula is C34H64O5P+. The van der Waals surface area contributed by atoms with Crippen LogP contribution in [0.15, 0.2) is 24.3 Å². The van der Waals surface area contributed by atoms with E-state index in [0.29, 0.717) is 13.2 Å². The van der Waals surface area contributed by atoms with Gasteiger partial charge in [0.15, 0.2) is 11.5 Å². The van der Waals surface area contributed by atoms with Gasteiger partial charge in [0.1, 0.15) is 13.2 Å². The zero-order valence-corrected chi connectivity index (χ0v) is 27.2. The van der Waals surface area contributed by atoms with E-state index in [4.69, 9.17) is 19.3 Å². The fourth-order valence-corrected chi connectivity index (χ4v) is 5.30. The fraction of sp³-hybridized carbons (Fsp3) is 0.824. The average Bonchev–Trinajstić information content (AvgIpc) is 2.95. The summed E-state index contributed by atoms with van der Waals surface area (Å²) in [5.74, 6) is -0.153. The van der Waals surface area contributed by atoms with Crippen molar-refractivity contribution in [1.29, 1.82) is 0 Å². The summed E-state index contributed by atoms with van der Waals surface area (Å²) >= 11 is 0. The smallest absolute Gasteiger partial charge is 0.504 e. The molecule has 1 aromatic carbocycles. The normalized spacial score (nSPS) is 10.8. The van der Waals surface area contributed by atoms with E-state index in [9.17, 15) is 4.57 Å². The first kappa shape index (κ1) is 38.8. The molecule has 0 saturated heterocycles. The van der Waals surface area contributed by atoms with Crippen molar-refractivity contribution in [3.8, 4) is 11.5 Å². The van der Waals surface area contributed by atoms with Crippen molar-refractivity contribution >= 4 is 8.25 Å². The van der Waals surface area contributed by atoms with Gasteiger partial charge in [-0.2, -0.15) is 0 Å². The van der Waals surface area contributed by atoms with E-state index in [2.05, 4.69) is 13.8 Å². The summed E-state index contributed by atoms with van der Waals surface area (Å²) in [5.41, 5.74) is 0. The second-order valence-corrected chi connectivity index (χ2v) is 12.1. The molecule has 0 aliphatic heterocycles. The van der Waals surface area contributed by atoms with E-state index in [1.807, 2.05) is 0 Å². The number of hydrogen-bond donors (Lipinski definition) is 2. The Balaban J connectivity index is 0.00000161. The minimum Gasteiger partial charge on any atom is -0.504 e. The SMILES string of the molecule is CCCCCCCCCCCCCCO[P+](=O)OCCCCCCCCCCCCCC.Oc1ccccc1O. The third-order valence-electron chi connectivity index (χ3n) is 7.27. The van der Waals surface area contributed by atoms with E-state index in [0.717, 1.165) is 12.8 Å². The molecule has 0 aromatic heterocycles. The first-order valence-corrected chi connectivity index (χ1v) is 17.9. The number of unbranched alkanes of at least 4 members (excludes halogenated alkanes) is 22. The summed E-state index contributed by atoms with van der Waals surface area (Å²) < 4.78 is 22.4. The summed E-state index contributed by atoms with van der Waals surface area (Å²) in [5, 5.41) is 17.3. The van der Waals surface area contributed by atoms with Gasteiger partial charge in [0, 0.05) is 4.57 Å². The van der Waals surface area contributed by atoms with Gasteiger partial charge in [-0.05, 0) is 25.0 Å². The van der Waals surface area contributed by atoms with Gasteiger partial charge < -0.3 is 10.2 Å². The molecule has 0 aliphatic rings. The van der Waals surface area contributed by atoms with Crippen LogP contribution in [-0.2, 0) is 13.6 Å². The van der Waals surface area contributed by atoms with E-state index in [1.54, 1.807) is 12.1 Å². The molecule has 0 saturated carbocycles. The average molecular weight is 584 g/mol. The highest BCUT2D eigenvalue weighted by atomic mass is 31.1. The Hall–Kier alpha value is -1.16. The lowest BCUT2D eigenvalue weighted by Crippen LogP contribution is -1.92. The minimum absolute atomic E-state index is 0.0764. The summed E-state index contributed by atoms with van der Waals surface area (Å²) in [7, 11) is -1.91. The number of rotatable bonds is 28. The molecule has 0 heterocycles. The topological polar surface area (TPSA) is 76.0 Å². The minimum atomic E-state index is -1.91. The Morgan fingerprint density at radius 3 is 0.975 bits per heavy atom. The number of phenols is 2. The van der Waals surface area contributed by atoms with Crippen molar-refractivity contribution in [2.45, 2.75) is 168 Å². The first-order chi connectivity index (χ1) is 19.6. The summed E-state index contributed by atoms with van der Waals surface area (Å²) in [4.78, 5) is 0. The molecule has 0 unspecified atom stereocenters. The fourth-order valence-electron chi connectivity index (χ4n) is 4.67. The third-order valence-corrected chi connectivity index (χ3v) is 8.06. The molecule has 0 fully saturated rings. The van der Waals surface area contributed by atoms with Gasteiger partial charge in [0.25, 0.3) is 0 Å². The monoisotopic (exact) mass is 583 g/mol. The number of hydrogen-bond acceptors (Lipinski definition) is 5. The second-order valence-electron chi connectivity index (χ2n) is 11.2. The van der Waals surface area contributed by atoms with Gasteiger partial charge in [0.2, 0.25) is 0 Å². The highest BCUT2D eigenvalue weighted by molar-refractivity contribution is 7.33. The molecule has 0 bridgehead atoms. The number of aromatic hydroxyl groups is 2. The van der Waals surface area contributed by atoms with Gasteiger partial charge in [-0.1, -0.05) is 167 Å². The molecule has 0 atom stereocenters. The lowest BCUT2D eigenvalue weighted by atomic mass is 10.1. The molecule has 1 aromatic rings. The second kappa shape index (κ2) is 32.4. The van der Waals surface area contributed by atoms with Crippen molar-refractivity contribution in [1.82, 2.24) is 0 Å². The summed E-state index contributed by atoms with van der Waals surface area (Å²) in [6.45, 7) is 5.70. The molecule has 40 heavy (non-hydrogen) atoms. The standard InChI is InChI=1S/C28H58O3P.C6H6O2/c1-3-5-7-9-11-13-15-17-19-21-23-25-27-30-32(29)31-28-26-24-22-20-18-16-14-12-10-8-6-4-2;7-5-3-1-2-4-6(5)8/h3-28H2,1-2H3;1-4,7-8H/q+1;. The number of para-hydroxylation sites is 2. The molecule has 234 valence electrons. The highest BCUT2D eigenvalue weighted by Gasteiger charge is 2.18. The van der Waals surface area contributed by atoms with Gasteiger partial charge in [-0.3, -0.25) is 0 Å². The van der Waals surface area contributed by atoms with Gasteiger partial charge in [-0.15, -0.1) is 9.05 Å². The van der Waals surface area contributed by atoms with Crippen molar-refractivity contribution in [3.05, 3.63) is 24.3 Å². The van der Waals surface area contributed by atoms with Crippen molar-refractivity contribution in [2.24, 2.45) is 0 Å². The molecule has 0 aliphatic carbocycles. The van der Waals surface area contributed by atoms with Crippen molar-refractivity contribution in [3.63, 3.8) is 0 Å². The van der Waals surface area contributed by atoms with Gasteiger partial charge in [0.05, 0.1) is 0 Å². The van der Waals surface area contributed by atoms with E-state index < -0.39 is 8.25 Å². The van der Waals surface area contributed by atoms with E-state index in [-0.39, 0.29) is 11.5 Å². The largest absolute Gasteiger partial charge is 0.697 e. The van der Waals surface area contributed by atoms with Crippen LogP contribution in [0.5, 0.6) is 11.5 Å². The van der Waals surface area contributed by atoms with Crippen LogP contribution in [0.4, 0.5) is 0 Å². The zero-order chi connectivity index (χ0) is 29.4. The first-order valence-electron chi connectivity index (χ1n) is 16.8. The Labute approximate surface area is 248 Å². The van der Waals surface area contributed by atoms with Crippen LogP contribution in [0.2, 0.25) is 0 Å². The maximum absolute atomic E-state index is 11.7. The summed E-state index contributed by atoms with van der Waals surface area (Å²) in [6.07, 6.45) is 31.9. The molecule has 0 radical (unpaired) electrons. The molecule has 0 spiro atoms. The quantitative estimate of drug-likeness (QED) is 0.0583. The highest BCUT2D eigenvalue weighted by Crippen LogP contribution is 2.25. The lowest BCUT2D eigenvalue weighted by Gasteiger charge is -2.02. The van der Waals surface area contributed by atoms with Crippen LogP contribution in [0.1, 0.15) is 168 Å². The molecule has 0 amide bonds. The maximum Gasteiger partial charge on any atom is 0.697 e. The Kier molecular flexibility index (Phi) is 31.4. The molecule has 5 nitrogen and oxygen atoms in total. The number of phenolic OH excluding ortho intramolecular Hbond substituents is 2. The van der Waals surface area contributed by atoms with E-state index >= 15 is 0 Å². The van der Waals surface area contributed by atoms with Gasteiger partial charge in [-0.25, -0.2) is 0 Å². The maximum atomic E-state index is 11.7. The predicted octanol–water partition coefficient (Wildman–Crippen LogP) is 12.2. The van der Waals surface area contributed by atoms with Crippen molar-refractivity contribution < 1.29 is 23.8 Å². The Morgan fingerprint density at radius 1 is 0.475 bits per heavy atom. The molecule has 2 N–H and O–H groups in total. The van der Waals surface area contributed by atoms with Crippen LogP contribution in [0.25, 0.3) is 0 Å². The molecular weight excluding hydrogens is 519 g/mol. The van der Waals surface area contributed by atoms with Crippen LogP contribution < -0.4 is 0 Å².